The van der Waals surface area contributed by atoms with Crippen molar-refractivity contribution in [3.63, 3.8) is 0 Å². The predicted molar refractivity (Wildman–Crippen MR) is 70.1 cm³/mol. The number of rotatable bonds is 4. The maximum absolute atomic E-state index is 4.54. The van der Waals surface area contributed by atoms with Crippen LogP contribution in [0.2, 0.25) is 0 Å². The zero-order chi connectivity index (χ0) is 11.5. The van der Waals surface area contributed by atoms with Crippen molar-refractivity contribution in [3.05, 3.63) is 28.5 Å². The Bertz CT molecular complexity index is 508. The van der Waals surface area contributed by atoms with Crippen LogP contribution in [0.25, 0.3) is 11.0 Å². The topological polar surface area (TPSA) is 29.3 Å². The summed E-state index contributed by atoms with van der Waals surface area (Å²) in [5.74, 6) is 0. The highest BCUT2D eigenvalue weighted by molar-refractivity contribution is 7.17. The summed E-state index contributed by atoms with van der Waals surface area (Å²) in [7, 11) is 0. The normalized spacial score (nSPS) is 11.9. The van der Waals surface area contributed by atoms with Crippen LogP contribution in [0, 0.1) is 13.8 Å². The minimum absolute atomic E-state index is 0.909. The molecule has 0 bridgehead atoms. The molecule has 2 aromatic rings. The molecule has 0 aliphatic rings. The van der Waals surface area contributed by atoms with E-state index in [4.69, 9.17) is 0 Å². The highest BCUT2D eigenvalue weighted by Crippen LogP contribution is 2.21. The van der Waals surface area contributed by atoms with Gasteiger partial charge in [-0.05, 0) is 26.5 Å². The summed E-state index contributed by atoms with van der Waals surface area (Å²) in [4.78, 5) is 6.92. The maximum Gasteiger partial charge on any atom is 0.194 e. The van der Waals surface area contributed by atoms with Crippen molar-refractivity contribution >= 4 is 22.4 Å². The molecule has 0 aliphatic heterocycles. The van der Waals surface area contributed by atoms with Gasteiger partial charge in [0.2, 0.25) is 0 Å². The van der Waals surface area contributed by atoms with Crippen molar-refractivity contribution in [1.82, 2.24) is 14.7 Å². The number of nitrogens with one attached hydrogen (secondary N) is 1. The lowest BCUT2D eigenvalue weighted by Gasteiger charge is -1.95. The number of hydrogen-bond donors (Lipinski definition) is 1. The summed E-state index contributed by atoms with van der Waals surface area (Å²) in [5.41, 5.74) is 2.29. The summed E-state index contributed by atoms with van der Waals surface area (Å²) in [6.07, 6.45) is 6.43. The molecule has 0 radical (unpaired) electrons. The van der Waals surface area contributed by atoms with Crippen molar-refractivity contribution in [2.45, 2.75) is 20.8 Å². The van der Waals surface area contributed by atoms with Gasteiger partial charge in [0.05, 0.1) is 11.4 Å². The van der Waals surface area contributed by atoms with Crippen LogP contribution < -0.4 is 5.32 Å². The number of imidazole rings is 1. The first kappa shape index (κ1) is 11.4. The van der Waals surface area contributed by atoms with Crippen LogP contribution in [0.4, 0.5) is 0 Å². The average molecular weight is 235 g/mol. The first-order valence-corrected chi connectivity index (χ1v) is 6.36. The van der Waals surface area contributed by atoms with E-state index in [-0.39, 0.29) is 0 Å². The lowest BCUT2D eigenvalue weighted by atomic mass is 10.3. The number of aryl methyl sites for hydroxylation is 2. The summed E-state index contributed by atoms with van der Waals surface area (Å²) >= 11 is 1.73. The van der Waals surface area contributed by atoms with Crippen LogP contribution in [-0.2, 0) is 0 Å². The zero-order valence-electron chi connectivity index (χ0n) is 9.95. The number of hydrogen-bond acceptors (Lipinski definition) is 3. The fraction of sp³-hybridized carbons (Fsp3) is 0.417. The van der Waals surface area contributed by atoms with Crippen molar-refractivity contribution < 1.29 is 0 Å². The van der Waals surface area contributed by atoms with E-state index in [1.54, 1.807) is 11.3 Å². The van der Waals surface area contributed by atoms with Crippen LogP contribution in [0.1, 0.15) is 23.2 Å². The van der Waals surface area contributed by atoms with E-state index in [2.05, 4.69) is 53.8 Å². The maximum atomic E-state index is 4.54. The van der Waals surface area contributed by atoms with Crippen molar-refractivity contribution in [2.75, 3.05) is 13.1 Å². The second-order valence-electron chi connectivity index (χ2n) is 3.79. The molecule has 2 aromatic heterocycles. The smallest absolute Gasteiger partial charge is 0.194 e. The molecule has 2 rings (SSSR count). The minimum Gasteiger partial charge on any atom is -0.314 e. The zero-order valence-corrected chi connectivity index (χ0v) is 10.8. The lowest BCUT2D eigenvalue weighted by Crippen LogP contribution is -2.11. The molecular weight excluding hydrogens is 218 g/mol. The van der Waals surface area contributed by atoms with Gasteiger partial charge in [-0.3, -0.25) is 4.40 Å². The first-order valence-electron chi connectivity index (χ1n) is 5.54. The van der Waals surface area contributed by atoms with Gasteiger partial charge in [-0.2, -0.15) is 0 Å². The summed E-state index contributed by atoms with van der Waals surface area (Å²) in [6, 6.07) is 0. The van der Waals surface area contributed by atoms with Gasteiger partial charge in [-0.1, -0.05) is 13.0 Å². The highest BCUT2D eigenvalue weighted by Gasteiger charge is 2.07. The molecule has 1 N–H and O–H groups in total. The lowest BCUT2D eigenvalue weighted by molar-refractivity contribution is 0.801. The van der Waals surface area contributed by atoms with Crippen molar-refractivity contribution in [2.24, 2.45) is 0 Å². The first-order chi connectivity index (χ1) is 7.72. The second-order valence-corrected chi connectivity index (χ2v) is 5.00. The molecule has 0 spiro atoms. The molecule has 16 heavy (non-hydrogen) atoms. The van der Waals surface area contributed by atoms with Gasteiger partial charge in [-0.15, -0.1) is 11.3 Å². The Morgan fingerprint density at radius 1 is 1.50 bits per heavy atom. The van der Waals surface area contributed by atoms with Gasteiger partial charge < -0.3 is 5.32 Å². The number of fused-ring (bicyclic) bond motifs is 1. The highest BCUT2D eigenvalue weighted by atomic mass is 32.1. The number of aromatic nitrogens is 2. The molecule has 0 saturated heterocycles. The molecule has 0 amide bonds. The van der Waals surface area contributed by atoms with Crippen molar-refractivity contribution in [1.29, 1.82) is 0 Å². The van der Waals surface area contributed by atoms with Crippen LogP contribution in [-0.4, -0.2) is 22.5 Å². The van der Waals surface area contributed by atoms with E-state index in [0.29, 0.717) is 0 Å². The van der Waals surface area contributed by atoms with Gasteiger partial charge in [-0.25, -0.2) is 4.98 Å². The van der Waals surface area contributed by atoms with E-state index in [1.807, 2.05) is 0 Å². The van der Waals surface area contributed by atoms with Gasteiger partial charge in [0.1, 0.15) is 0 Å². The molecule has 2 heterocycles. The Labute approximate surface area is 99.8 Å². The van der Waals surface area contributed by atoms with E-state index in [1.165, 1.54) is 10.6 Å². The van der Waals surface area contributed by atoms with Crippen LogP contribution in [0.5, 0.6) is 0 Å². The number of nitrogens with zero attached hydrogens (tertiary/aromatic N) is 2. The third-order valence-electron chi connectivity index (χ3n) is 2.45. The number of likely N-dealkylation sites (N-methyl/N-ethyl adjacent to an activating group) is 1. The summed E-state index contributed by atoms with van der Waals surface area (Å²) in [5, 5.41) is 3.27. The van der Waals surface area contributed by atoms with E-state index >= 15 is 0 Å². The molecule has 0 unspecified atom stereocenters. The molecule has 3 nitrogen and oxygen atoms in total. The third-order valence-corrected chi connectivity index (χ3v) is 3.35. The number of thiazole rings is 1. The van der Waals surface area contributed by atoms with Gasteiger partial charge in [0, 0.05) is 17.6 Å². The van der Waals surface area contributed by atoms with E-state index < -0.39 is 0 Å². The molecule has 0 fully saturated rings. The van der Waals surface area contributed by atoms with Gasteiger partial charge in [0.15, 0.2) is 4.96 Å². The SMILES string of the molecule is CCNCC=Cc1c(C)nc2sc(C)cn12. The van der Waals surface area contributed by atoms with E-state index in [9.17, 15) is 0 Å². The summed E-state index contributed by atoms with van der Waals surface area (Å²) in [6.45, 7) is 8.19. The molecule has 0 aromatic carbocycles. The van der Waals surface area contributed by atoms with Gasteiger partial charge >= 0.3 is 0 Å². The Hall–Kier alpha value is -1.13. The van der Waals surface area contributed by atoms with Crippen molar-refractivity contribution in [3.8, 4) is 0 Å². The largest absolute Gasteiger partial charge is 0.314 e. The molecular formula is C12H17N3S. The standard InChI is InChI=1S/C12H17N3S/c1-4-13-7-5-6-11-10(3)14-12-15(11)8-9(2)16-12/h5-6,8,13H,4,7H2,1-3H3. The fourth-order valence-electron chi connectivity index (χ4n) is 1.68. The second kappa shape index (κ2) is 4.80. The Balaban J connectivity index is 2.27. The van der Waals surface area contributed by atoms with Crippen LogP contribution in [0.3, 0.4) is 0 Å². The third kappa shape index (κ3) is 2.18. The molecule has 0 saturated carbocycles. The predicted octanol–water partition coefficient (Wildman–Crippen LogP) is 2.64. The summed E-state index contributed by atoms with van der Waals surface area (Å²) < 4.78 is 2.16. The average Bonchev–Trinajstić information content (AvgIpc) is 2.70. The monoisotopic (exact) mass is 235 g/mol. The molecule has 0 aliphatic carbocycles. The Morgan fingerprint density at radius 3 is 3.06 bits per heavy atom. The molecule has 86 valence electrons. The van der Waals surface area contributed by atoms with Crippen LogP contribution >= 0.6 is 11.3 Å². The van der Waals surface area contributed by atoms with E-state index in [0.717, 1.165) is 23.7 Å². The fourth-order valence-corrected chi connectivity index (χ4v) is 2.56. The van der Waals surface area contributed by atoms with Gasteiger partial charge in [0.25, 0.3) is 0 Å². The Kier molecular flexibility index (Phi) is 3.41. The molecule has 0 atom stereocenters. The Morgan fingerprint density at radius 2 is 2.31 bits per heavy atom. The van der Waals surface area contributed by atoms with Crippen LogP contribution in [0.15, 0.2) is 12.3 Å². The quantitative estimate of drug-likeness (QED) is 0.825. The molecule has 4 heteroatoms. The minimum atomic E-state index is 0.909.